The second kappa shape index (κ2) is 7.98. The Morgan fingerprint density at radius 1 is 1.33 bits per heavy atom. The summed E-state index contributed by atoms with van der Waals surface area (Å²) >= 11 is 5.94. The van der Waals surface area contributed by atoms with Crippen molar-refractivity contribution in [1.29, 1.82) is 0 Å². The highest BCUT2D eigenvalue weighted by Crippen LogP contribution is 2.10. The Hall–Kier alpha value is -1.22. The number of guanidine groups is 1. The summed E-state index contributed by atoms with van der Waals surface area (Å²) in [5, 5.41) is 7.32. The van der Waals surface area contributed by atoms with Crippen molar-refractivity contribution >= 4 is 17.6 Å². The van der Waals surface area contributed by atoms with Crippen LogP contribution in [0, 0.1) is 5.92 Å². The minimum absolute atomic E-state index is 0.698. The molecule has 0 atom stereocenters. The molecule has 0 heterocycles. The summed E-state index contributed by atoms with van der Waals surface area (Å²) in [6.07, 6.45) is 1.14. The molecular formula is C14H22ClN3. The van der Waals surface area contributed by atoms with Gasteiger partial charge >= 0.3 is 0 Å². The largest absolute Gasteiger partial charge is 0.356 e. The molecule has 100 valence electrons. The van der Waals surface area contributed by atoms with E-state index in [1.807, 2.05) is 24.3 Å². The van der Waals surface area contributed by atoms with E-state index in [2.05, 4.69) is 29.5 Å². The Morgan fingerprint density at radius 3 is 2.72 bits per heavy atom. The average Bonchev–Trinajstić information content (AvgIpc) is 2.33. The number of nitrogens with one attached hydrogen (secondary N) is 2. The van der Waals surface area contributed by atoms with Crippen molar-refractivity contribution in [1.82, 2.24) is 10.6 Å². The number of nitrogens with zero attached hydrogens (tertiary/aromatic N) is 1. The first-order valence-corrected chi connectivity index (χ1v) is 6.68. The van der Waals surface area contributed by atoms with Gasteiger partial charge in [0.2, 0.25) is 0 Å². The van der Waals surface area contributed by atoms with Crippen LogP contribution in [0.15, 0.2) is 29.3 Å². The van der Waals surface area contributed by atoms with E-state index in [1.54, 1.807) is 7.05 Å². The van der Waals surface area contributed by atoms with Gasteiger partial charge in [-0.1, -0.05) is 37.6 Å². The molecule has 0 saturated carbocycles. The molecule has 0 aliphatic heterocycles. The summed E-state index contributed by atoms with van der Waals surface area (Å²) in [6, 6.07) is 7.82. The molecule has 1 aromatic carbocycles. The summed E-state index contributed by atoms with van der Waals surface area (Å²) in [5.41, 5.74) is 1.15. The fourth-order valence-electron chi connectivity index (χ4n) is 1.53. The van der Waals surface area contributed by atoms with Crippen molar-refractivity contribution in [3.63, 3.8) is 0 Å². The monoisotopic (exact) mass is 267 g/mol. The Morgan fingerprint density at radius 2 is 2.11 bits per heavy atom. The lowest BCUT2D eigenvalue weighted by Gasteiger charge is -2.13. The van der Waals surface area contributed by atoms with Crippen LogP contribution in [0.2, 0.25) is 5.02 Å². The highest BCUT2D eigenvalue weighted by molar-refractivity contribution is 6.30. The van der Waals surface area contributed by atoms with Crippen LogP contribution in [0.25, 0.3) is 0 Å². The van der Waals surface area contributed by atoms with Gasteiger partial charge in [-0.25, -0.2) is 0 Å². The first kappa shape index (κ1) is 14.8. The summed E-state index contributed by atoms with van der Waals surface area (Å²) in [7, 11) is 1.78. The molecule has 0 fully saturated rings. The van der Waals surface area contributed by atoms with E-state index >= 15 is 0 Å². The Balaban J connectivity index is 2.36. The summed E-state index contributed by atoms with van der Waals surface area (Å²) < 4.78 is 0. The zero-order chi connectivity index (χ0) is 13.4. The molecule has 3 nitrogen and oxygen atoms in total. The number of hydrogen-bond donors (Lipinski definition) is 2. The first-order valence-electron chi connectivity index (χ1n) is 6.30. The van der Waals surface area contributed by atoms with Crippen molar-refractivity contribution in [3.8, 4) is 0 Å². The minimum Gasteiger partial charge on any atom is -0.356 e. The lowest BCUT2D eigenvalue weighted by Crippen LogP contribution is -2.37. The van der Waals surface area contributed by atoms with Crippen LogP contribution < -0.4 is 10.6 Å². The Bertz CT molecular complexity index is 388. The lowest BCUT2D eigenvalue weighted by molar-refractivity contribution is 0.573. The zero-order valence-corrected chi connectivity index (χ0v) is 12.1. The van der Waals surface area contributed by atoms with Gasteiger partial charge in [0.25, 0.3) is 0 Å². The molecule has 0 radical (unpaired) electrons. The predicted molar refractivity (Wildman–Crippen MR) is 79.1 cm³/mol. The second-order valence-corrected chi connectivity index (χ2v) is 5.10. The van der Waals surface area contributed by atoms with Crippen LogP contribution in [-0.2, 0) is 6.54 Å². The van der Waals surface area contributed by atoms with Gasteiger partial charge in [0.05, 0.1) is 0 Å². The van der Waals surface area contributed by atoms with Crippen molar-refractivity contribution in [2.24, 2.45) is 10.9 Å². The van der Waals surface area contributed by atoms with E-state index in [4.69, 9.17) is 11.6 Å². The molecule has 0 aliphatic carbocycles. The zero-order valence-electron chi connectivity index (χ0n) is 11.3. The Kier molecular flexibility index (Phi) is 6.58. The number of benzene rings is 1. The first-order chi connectivity index (χ1) is 8.61. The molecule has 0 unspecified atom stereocenters. The fraction of sp³-hybridized carbons (Fsp3) is 0.500. The second-order valence-electron chi connectivity index (χ2n) is 4.66. The highest BCUT2D eigenvalue weighted by atomic mass is 35.5. The molecule has 1 aromatic rings. The quantitative estimate of drug-likeness (QED) is 0.636. The third-order valence-corrected chi connectivity index (χ3v) is 2.82. The van der Waals surface area contributed by atoms with E-state index < -0.39 is 0 Å². The van der Waals surface area contributed by atoms with Crippen LogP contribution >= 0.6 is 11.6 Å². The molecule has 2 N–H and O–H groups in total. The molecule has 0 amide bonds. The van der Waals surface area contributed by atoms with Gasteiger partial charge in [-0.3, -0.25) is 4.99 Å². The van der Waals surface area contributed by atoms with Gasteiger partial charge < -0.3 is 10.6 Å². The van der Waals surface area contributed by atoms with Crippen LogP contribution in [0.5, 0.6) is 0 Å². The maximum atomic E-state index is 5.94. The van der Waals surface area contributed by atoms with Crippen LogP contribution in [0.4, 0.5) is 0 Å². The molecular weight excluding hydrogens is 246 g/mol. The smallest absolute Gasteiger partial charge is 0.191 e. The van der Waals surface area contributed by atoms with E-state index in [-0.39, 0.29) is 0 Å². The van der Waals surface area contributed by atoms with Crippen molar-refractivity contribution < 1.29 is 0 Å². The number of rotatable bonds is 5. The van der Waals surface area contributed by atoms with Gasteiger partial charge in [-0.2, -0.15) is 0 Å². The number of aliphatic imine (C=N–C) groups is 1. The Labute approximate surface area is 115 Å². The molecule has 0 bridgehead atoms. The molecule has 18 heavy (non-hydrogen) atoms. The summed E-state index contributed by atoms with van der Waals surface area (Å²) in [4.78, 5) is 4.18. The maximum absolute atomic E-state index is 5.94. The molecule has 0 spiro atoms. The topological polar surface area (TPSA) is 36.4 Å². The fourth-order valence-corrected chi connectivity index (χ4v) is 1.75. The SMILES string of the molecule is CN=C(NCCC(C)C)NCc1cccc(Cl)c1. The number of halogens is 1. The molecule has 4 heteroatoms. The van der Waals surface area contributed by atoms with Gasteiger partial charge in [0.15, 0.2) is 5.96 Å². The van der Waals surface area contributed by atoms with Crippen molar-refractivity contribution in [2.45, 2.75) is 26.8 Å². The third kappa shape index (κ3) is 5.92. The minimum atomic E-state index is 0.698. The van der Waals surface area contributed by atoms with Gasteiger partial charge in [-0.15, -0.1) is 0 Å². The van der Waals surface area contributed by atoms with Crippen LogP contribution in [0.3, 0.4) is 0 Å². The molecule has 0 aromatic heterocycles. The van der Waals surface area contributed by atoms with Crippen molar-refractivity contribution in [2.75, 3.05) is 13.6 Å². The van der Waals surface area contributed by atoms with Gasteiger partial charge in [-0.05, 0) is 30.0 Å². The number of hydrogen-bond acceptors (Lipinski definition) is 1. The summed E-state index contributed by atoms with van der Waals surface area (Å²) in [6.45, 7) is 6.09. The van der Waals surface area contributed by atoms with E-state index in [0.29, 0.717) is 5.92 Å². The molecule has 0 saturated heterocycles. The summed E-state index contributed by atoms with van der Waals surface area (Å²) in [5.74, 6) is 1.53. The lowest BCUT2D eigenvalue weighted by atomic mass is 10.1. The maximum Gasteiger partial charge on any atom is 0.191 e. The van der Waals surface area contributed by atoms with Gasteiger partial charge in [0.1, 0.15) is 0 Å². The van der Waals surface area contributed by atoms with E-state index in [9.17, 15) is 0 Å². The van der Waals surface area contributed by atoms with Crippen molar-refractivity contribution in [3.05, 3.63) is 34.9 Å². The van der Waals surface area contributed by atoms with Crippen LogP contribution in [-0.4, -0.2) is 19.6 Å². The third-order valence-electron chi connectivity index (χ3n) is 2.59. The highest BCUT2D eigenvalue weighted by Gasteiger charge is 1.99. The van der Waals surface area contributed by atoms with Crippen LogP contribution in [0.1, 0.15) is 25.8 Å². The molecule has 1 rings (SSSR count). The standard InChI is InChI=1S/C14H22ClN3/c1-11(2)7-8-17-14(16-3)18-10-12-5-4-6-13(15)9-12/h4-6,9,11H,7-8,10H2,1-3H3,(H2,16,17,18). The van der Waals surface area contributed by atoms with E-state index in [0.717, 1.165) is 36.1 Å². The van der Waals surface area contributed by atoms with Gasteiger partial charge in [0, 0.05) is 25.2 Å². The predicted octanol–water partition coefficient (Wildman–Crippen LogP) is 3.05. The normalized spacial score (nSPS) is 11.7. The van der Waals surface area contributed by atoms with E-state index in [1.165, 1.54) is 0 Å². The average molecular weight is 268 g/mol. The molecule has 0 aliphatic rings.